The van der Waals surface area contributed by atoms with E-state index in [1.165, 1.54) is 24.0 Å². The minimum absolute atomic E-state index is 0.908. The maximum atomic E-state index is 5.31. The van der Waals surface area contributed by atoms with Gasteiger partial charge in [-0.25, -0.2) is 5.32 Å². The minimum Gasteiger partial charge on any atom is -0.379 e. The SMILES string of the molecule is C1C[NH2+]C(SCCN2CCOCC2)=[NH+]1. The van der Waals surface area contributed by atoms with Gasteiger partial charge in [0.2, 0.25) is 0 Å². The Morgan fingerprint density at radius 2 is 2.29 bits per heavy atom. The normalized spacial score (nSPS) is 23.9. The zero-order valence-electron chi connectivity index (χ0n) is 8.50. The number of hydrogen-bond donors (Lipinski definition) is 2. The maximum absolute atomic E-state index is 5.31. The molecule has 0 aromatic carbocycles. The lowest BCUT2D eigenvalue weighted by atomic mass is 10.4. The first-order valence-electron chi connectivity index (χ1n) is 5.32. The molecule has 0 aromatic heterocycles. The average Bonchev–Trinajstić information content (AvgIpc) is 2.72. The number of quaternary nitrogens is 1. The molecule has 2 aliphatic rings. The van der Waals surface area contributed by atoms with Crippen LogP contribution in [0.3, 0.4) is 0 Å². The predicted octanol–water partition coefficient (Wildman–Crippen LogP) is -2.93. The van der Waals surface area contributed by atoms with Crippen LogP contribution < -0.4 is 10.3 Å². The molecular weight excluding hydrogens is 198 g/mol. The number of hydrogen-bond acceptors (Lipinski definition) is 3. The number of nitrogens with zero attached hydrogens (tertiary/aromatic N) is 1. The van der Waals surface area contributed by atoms with Crippen molar-refractivity contribution in [1.29, 1.82) is 0 Å². The molecule has 0 aliphatic carbocycles. The number of morpholine rings is 1. The van der Waals surface area contributed by atoms with E-state index in [1.54, 1.807) is 0 Å². The van der Waals surface area contributed by atoms with Crippen LogP contribution in [0.5, 0.6) is 0 Å². The summed E-state index contributed by atoms with van der Waals surface area (Å²) in [5, 5.41) is 3.67. The number of thioether (sulfide) groups is 1. The fourth-order valence-corrected chi connectivity index (χ4v) is 2.70. The Labute approximate surface area is 89.1 Å². The van der Waals surface area contributed by atoms with Crippen molar-refractivity contribution in [3.05, 3.63) is 0 Å². The lowest BCUT2D eigenvalue weighted by Crippen LogP contribution is -2.89. The molecule has 0 unspecified atom stereocenters. The molecule has 0 aromatic rings. The summed E-state index contributed by atoms with van der Waals surface area (Å²) >= 11 is 1.95. The minimum atomic E-state index is 0.908. The van der Waals surface area contributed by atoms with E-state index in [2.05, 4.69) is 15.2 Å². The van der Waals surface area contributed by atoms with Crippen LogP contribution in [-0.4, -0.2) is 61.8 Å². The van der Waals surface area contributed by atoms with Crippen LogP contribution in [-0.2, 0) is 4.74 Å². The molecule has 2 aliphatic heterocycles. The molecule has 0 atom stereocenters. The lowest BCUT2D eigenvalue weighted by Gasteiger charge is -2.25. The first-order valence-corrected chi connectivity index (χ1v) is 6.30. The lowest BCUT2D eigenvalue weighted by molar-refractivity contribution is -0.528. The third kappa shape index (κ3) is 3.24. The summed E-state index contributed by atoms with van der Waals surface area (Å²) in [4.78, 5) is 5.85. The van der Waals surface area contributed by atoms with Crippen molar-refractivity contribution in [2.45, 2.75) is 0 Å². The zero-order valence-corrected chi connectivity index (χ0v) is 9.31. The largest absolute Gasteiger partial charge is 0.396 e. The molecule has 2 heterocycles. The highest BCUT2D eigenvalue weighted by Crippen LogP contribution is 2.01. The van der Waals surface area contributed by atoms with Crippen LogP contribution in [0.15, 0.2) is 0 Å². The number of nitrogens with one attached hydrogen (secondary N) is 1. The van der Waals surface area contributed by atoms with Gasteiger partial charge in [0.15, 0.2) is 6.54 Å². The summed E-state index contributed by atoms with van der Waals surface area (Å²) < 4.78 is 5.31. The van der Waals surface area contributed by atoms with Crippen molar-refractivity contribution in [2.24, 2.45) is 0 Å². The molecule has 5 heteroatoms. The van der Waals surface area contributed by atoms with E-state index < -0.39 is 0 Å². The Bertz CT molecular complexity index is 204. The second kappa shape index (κ2) is 5.70. The molecular formula is C9H19N3OS+2. The second-order valence-electron chi connectivity index (χ2n) is 3.59. The van der Waals surface area contributed by atoms with Gasteiger partial charge in [0.25, 0.3) is 0 Å². The van der Waals surface area contributed by atoms with E-state index in [9.17, 15) is 0 Å². The predicted molar refractivity (Wildman–Crippen MR) is 57.3 cm³/mol. The van der Waals surface area contributed by atoms with Crippen molar-refractivity contribution in [3.63, 3.8) is 0 Å². The zero-order chi connectivity index (χ0) is 9.64. The molecule has 0 amide bonds. The van der Waals surface area contributed by atoms with E-state index in [0.29, 0.717) is 0 Å². The van der Waals surface area contributed by atoms with Crippen molar-refractivity contribution in [1.82, 2.24) is 4.90 Å². The Morgan fingerprint density at radius 3 is 3.00 bits per heavy atom. The fourth-order valence-electron chi connectivity index (χ4n) is 1.69. The van der Waals surface area contributed by atoms with Crippen LogP contribution >= 0.6 is 11.8 Å². The molecule has 0 saturated carbocycles. The summed E-state index contributed by atoms with van der Waals surface area (Å²) in [6.07, 6.45) is 0. The summed E-state index contributed by atoms with van der Waals surface area (Å²) in [6.45, 7) is 7.53. The second-order valence-corrected chi connectivity index (χ2v) is 4.72. The fraction of sp³-hybridized carbons (Fsp3) is 0.889. The highest BCUT2D eigenvalue weighted by atomic mass is 32.2. The van der Waals surface area contributed by atoms with E-state index in [4.69, 9.17) is 4.74 Å². The van der Waals surface area contributed by atoms with Gasteiger partial charge in [-0.3, -0.25) is 4.90 Å². The van der Waals surface area contributed by atoms with Gasteiger partial charge in [-0.2, -0.15) is 4.99 Å². The van der Waals surface area contributed by atoms with Crippen molar-refractivity contribution in [3.8, 4) is 0 Å². The third-order valence-corrected chi connectivity index (χ3v) is 3.55. The number of nitrogens with two attached hydrogens (primary N) is 1. The number of ether oxygens (including phenoxy) is 1. The quantitative estimate of drug-likeness (QED) is 0.532. The van der Waals surface area contributed by atoms with Gasteiger partial charge in [-0.05, 0) is 0 Å². The first kappa shape index (κ1) is 10.4. The maximum Gasteiger partial charge on any atom is 0.396 e. The van der Waals surface area contributed by atoms with Gasteiger partial charge in [0.05, 0.1) is 13.2 Å². The molecule has 0 bridgehead atoms. The van der Waals surface area contributed by atoms with Gasteiger partial charge in [-0.1, -0.05) is 0 Å². The van der Waals surface area contributed by atoms with Crippen LogP contribution in [0, 0.1) is 0 Å². The van der Waals surface area contributed by atoms with E-state index in [1.807, 2.05) is 11.8 Å². The molecule has 4 nitrogen and oxygen atoms in total. The molecule has 1 fully saturated rings. The Hall–Kier alpha value is -0.100. The smallest absolute Gasteiger partial charge is 0.379 e. The molecule has 3 N–H and O–H groups in total. The van der Waals surface area contributed by atoms with E-state index in [0.717, 1.165) is 32.8 Å². The van der Waals surface area contributed by atoms with E-state index in [-0.39, 0.29) is 0 Å². The van der Waals surface area contributed by atoms with Crippen molar-refractivity contribution >= 4 is 16.9 Å². The Kier molecular flexibility index (Phi) is 4.24. The van der Waals surface area contributed by atoms with Gasteiger partial charge < -0.3 is 4.74 Å². The molecule has 14 heavy (non-hydrogen) atoms. The van der Waals surface area contributed by atoms with Crippen LogP contribution in [0.4, 0.5) is 0 Å². The van der Waals surface area contributed by atoms with Gasteiger partial charge in [0.1, 0.15) is 6.54 Å². The molecule has 0 spiro atoms. The molecule has 80 valence electrons. The Morgan fingerprint density at radius 1 is 1.43 bits per heavy atom. The summed E-state index contributed by atoms with van der Waals surface area (Å²) in [6, 6.07) is 0. The third-order valence-electron chi connectivity index (χ3n) is 2.54. The molecule has 0 radical (unpaired) electrons. The monoisotopic (exact) mass is 217 g/mol. The average molecular weight is 217 g/mol. The van der Waals surface area contributed by atoms with Crippen LogP contribution in [0.25, 0.3) is 0 Å². The highest BCUT2D eigenvalue weighted by molar-refractivity contribution is 8.13. The topological polar surface area (TPSA) is 43.1 Å². The molecule has 1 saturated heterocycles. The highest BCUT2D eigenvalue weighted by Gasteiger charge is 2.18. The first-order chi connectivity index (χ1) is 6.95. The van der Waals surface area contributed by atoms with Crippen molar-refractivity contribution < 1.29 is 15.0 Å². The number of rotatable bonds is 3. The summed E-state index contributed by atoms with van der Waals surface area (Å²) in [7, 11) is 0. The van der Waals surface area contributed by atoms with E-state index >= 15 is 0 Å². The van der Waals surface area contributed by atoms with Gasteiger partial charge in [0, 0.05) is 37.1 Å². The Balaban J connectivity index is 1.57. The van der Waals surface area contributed by atoms with Crippen molar-refractivity contribution in [2.75, 3.05) is 51.7 Å². The number of amidine groups is 1. The summed E-state index contributed by atoms with van der Waals surface area (Å²) in [5.41, 5.74) is 0. The van der Waals surface area contributed by atoms with Crippen LogP contribution in [0.2, 0.25) is 0 Å². The van der Waals surface area contributed by atoms with Crippen LogP contribution in [0.1, 0.15) is 0 Å². The van der Waals surface area contributed by atoms with Gasteiger partial charge in [-0.15, -0.1) is 0 Å². The standard InChI is InChI=1S/C9H17N3OS/c1-2-11-9(10-1)14-8-5-12-3-6-13-7-4-12/h1-8H2,(H,10,11)/p+2. The summed E-state index contributed by atoms with van der Waals surface area (Å²) in [5.74, 6) is 1.19. The molecule has 2 rings (SSSR count). The van der Waals surface area contributed by atoms with Gasteiger partial charge >= 0.3 is 5.17 Å².